The number of nitrogens with zero attached hydrogens (tertiary/aromatic N) is 1. The van der Waals surface area contributed by atoms with Crippen molar-refractivity contribution in [1.29, 1.82) is 0 Å². The molecule has 0 aliphatic heterocycles. The number of hydrogen-bond acceptors (Lipinski definition) is 1. The topological polar surface area (TPSA) is 34.7 Å². The number of hydrogen-bond donors (Lipinski definition) is 0. The molecule has 2 heteroatoms. The average Bonchev–Trinajstić information content (AvgIpc) is 1.69. The van der Waals surface area contributed by atoms with Gasteiger partial charge >= 0.3 is 0 Å². The second-order valence-corrected chi connectivity index (χ2v) is 2.31. The van der Waals surface area contributed by atoms with Crippen LogP contribution in [0.4, 0.5) is 0 Å². The lowest BCUT2D eigenvalue weighted by Gasteiger charge is -2.21. The van der Waals surface area contributed by atoms with Gasteiger partial charge in [0.2, 0.25) is 0 Å². The van der Waals surface area contributed by atoms with E-state index in [0.29, 0.717) is 6.04 Å². The standard InChI is InChI=1S/C7H17N.H2O/c1-5-8(6-2)7(3)4;/h7H,5-6H2,1-4H3;1H2. The van der Waals surface area contributed by atoms with E-state index < -0.39 is 0 Å². The van der Waals surface area contributed by atoms with Gasteiger partial charge in [-0.15, -0.1) is 0 Å². The lowest BCUT2D eigenvalue weighted by Crippen LogP contribution is -2.29. The normalized spacial score (nSPS) is 10.0. The Kier molecular flexibility index (Phi) is 7.85. The molecule has 0 spiro atoms. The largest absolute Gasteiger partial charge is 0.412 e. The molecule has 0 atom stereocenters. The van der Waals surface area contributed by atoms with Gasteiger partial charge in [0.05, 0.1) is 0 Å². The molecule has 0 aromatic heterocycles. The highest BCUT2D eigenvalue weighted by Gasteiger charge is 2.00. The van der Waals surface area contributed by atoms with Gasteiger partial charge in [0.25, 0.3) is 0 Å². The Bertz CT molecular complexity index is 50.9. The maximum Gasteiger partial charge on any atom is 0.00383 e. The molecule has 0 unspecified atom stereocenters. The minimum absolute atomic E-state index is 0. The van der Waals surface area contributed by atoms with Crippen LogP contribution >= 0.6 is 0 Å². The summed E-state index contributed by atoms with van der Waals surface area (Å²) in [4.78, 5) is 2.42. The van der Waals surface area contributed by atoms with Crippen LogP contribution in [-0.2, 0) is 0 Å². The van der Waals surface area contributed by atoms with Crippen LogP contribution in [0.5, 0.6) is 0 Å². The smallest absolute Gasteiger partial charge is 0.00383 e. The zero-order chi connectivity index (χ0) is 6.57. The molecule has 0 aliphatic carbocycles. The second-order valence-electron chi connectivity index (χ2n) is 2.31. The predicted molar refractivity (Wildman–Crippen MR) is 41.7 cm³/mol. The van der Waals surface area contributed by atoms with Gasteiger partial charge < -0.3 is 10.4 Å². The summed E-state index contributed by atoms with van der Waals surface area (Å²) >= 11 is 0. The van der Waals surface area contributed by atoms with Crippen LogP contribution in [0.1, 0.15) is 27.7 Å². The summed E-state index contributed by atoms with van der Waals surface area (Å²) in [7, 11) is 0. The van der Waals surface area contributed by atoms with Crippen molar-refractivity contribution in [3.8, 4) is 0 Å². The van der Waals surface area contributed by atoms with E-state index in [0.717, 1.165) is 0 Å². The first kappa shape index (κ1) is 11.7. The highest BCUT2D eigenvalue weighted by atomic mass is 16.0. The van der Waals surface area contributed by atoms with Gasteiger partial charge in [-0.1, -0.05) is 13.8 Å². The van der Waals surface area contributed by atoms with E-state index in [-0.39, 0.29) is 5.48 Å². The third-order valence-electron chi connectivity index (χ3n) is 1.54. The van der Waals surface area contributed by atoms with Gasteiger partial charge in [-0.3, -0.25) is 0 Å². The van der Waals surface area contributed by atoms with E-state index in [2.05, 4.69) is 32.6 Å². The molecule has 9 heavy (non-hydrogen) atoms. The summed E-state index contributed by atoms with van der Waals surface area (Å²) < 4.78 is 0. The highest BCUT2D eigenvalue weighted by Crippen LogP contribution is 1.94. The molecule has 0 aromatic rings. The molecule has 0 rings (SSSR count). The highest BCUT2D eigenvalue weighted by molar-refractivity contribution is 4.56. The van der Waals surface area contributed by atoms with Gasteiger partial charge in [0.1, 0.15) is 0 Å². The molecule has 0 aromatic carbocycles. The van der Waals surface area contributed by atoms with Crippen molar-refractivity contribution >= 4 is 0 Å². The van der Waals surface area contributed by atoms with E-state index in [1.54, 1.807) is 0 Å². The lowest BCUT2D eigenvalue weighted by atomic mass is 10.3. The molecule has 0 bridgehead atoms. The molecule has 58 valence electrons. The Labute approximate surface area is 58.2 Å². The van der Waals surface area contributed by atoms with E-state index in [4.69, 9.17) is 0 Å². The summed E-state index contributed by atoms with van der Waals surface area (Å²) in [6.07, 6.45) is 0. The fourth-order valence-electron chi connectivity index (χ4n) is 0.954. The second kappa shape index (κ2) is 6.05. The van der Waals surface area contributed by atoms with E-state index in [1.807, 2.05) is 0 Å². The molecule has 0 fully saturated rings. The van der Waals surface area contributed by atoms with E-state index in [9.17, 15) is 0 Å². The van der Waals surface area contributed by atoms with Crippen molar-refractivity contribution in [3.63, 3.8) is 0 Å². The monoisotopic (exact) mass is 133 g/mol. The zero-order valence-electron chi connectivity index (χ0n) is 6.94. The van der Waals surface area contributed by atoms with Gasteiger partial charge in [-0.05, 0) is 26.9 Å². The van der Waals surface area contributed by atoms with E-state index >= 15 is 0 Å². The predicted octanol–water partition coefficient (Wildman–Crippen LogP) is 0.912. The Balaban J connectivity index is 0. The third kappa shape index (κ3) is 4.43. The van der Waals surface area contributed by atoms with Gasteiger partial charge in [0.15, 0.2) is 0 Å². The summed E-state index contributed by atoms with van der Waals surface area (Å²) in [6.45, 7) is 11.2. The van der Waals surface area contributed by atoms with Gasteiger partial charge in [0, 0.05) is 6.04 Å². The zero-order valence-corrected chi connectivity index (χ0v) is 6.94. The average molecular weight is 133 g/mol. The SMILES string of the molecule is CCN(CC)C(C)C.O. The Morgan fingerprint density at radius 3 is 1.44 bits per heavy atom. The Morgan fingerprint density at radius 1 is 1.11 bits per heavy atom. The van der Waals surface area contributed by atoms with Crippen LogP contribution in [0.25, 0.3) is 0 Å². The van der Waals surface area contributed by atoms with Crippen molar-refractivity contribution in [1.82, 2.24) is 4.90 Å². The van der Waals surface area contributed by atoms with Crippen LogP contribution in [0.3, 0.4) is 0 Å². The van der Waals surface area contributed by atoms with Crippen molar-refractivity contribution in [2.45, 2.75) is 33.7 Å². The minimum atomic E-state index is 0. The van der Waals surface area contributed by atoms with Gasteiger partial charge in [-0.25, -0.2) is 0 Å². The van der Waals surface area contributed by atoms with Crippen LogP contribution in [0, 0.1) is 0 Å². The van der Waals surface area contributed by atoms with Crippen LogP contribution < -0.4 is 0 Å². The molecule has 0 amide bonds. The molecular weight excluding hydrogens is 114 g/mol. The quantitative estimate of drug-likeness (QED) is 0.563. The molecule has 2 nitrogen and oxygen atoms in total. The van der Waals surface area contributed by atoms with E-state index in [1.165, 1.54) is 13.1 Å². The third-order valence-corrected chi connectivity index (χ3v) is 1.54. The van der Waals surface area contributed by atoms with Crippen molar-refractivity contribution in [3.05, 3.63) is 0 Å². The summed E-state index contributed by atoms with van der Waals surface area (Å²) in [6, 6.07) is 0.713. The summed E-state index contributed by atoms with van der Waals surface area (Å²) in [5.74, 6) is 0. The van der Waals surface area contributed by atoms with Crippen molar-refractivity contribution < 1.29 is 5.48 Å². The van der Waals surface area contributed by atoms with Crippen LogP contribution in [0.15, 0.2) is 0 Å². The fraction of sp³-hybridized carbons (Fsp3) is 1.00. The fourth-order valence-corrected chi connectivity index (χ4v) is 0.954. The Morgan fingerprint density at radius 2 is 1.44 bits per heavy atom. The summed E-state index contributed by atoms with van der Waals surface area (Å²) in [5, 5.41) is 0. The van der Waals surface area contributed by atoms with Crippen molar-refractivity contribution in [2.24, 2.45) is 0 Å². The first-order valence-electron chi connectivity index (χ1n) is 3.46. The maximum atomic E-state index is 2.42. The van der Waals surface area contributed by atoms with Crippen LogP contribution in [-0.4, -0.2) is 29.5 Å². The maximum absolute atomic E-state index is 2.42. The number of rotatable bonds is 3. The molecule has 0 saturated heterocycles. The van der Waals surface area contributed by atoms with Crippen molar-refractivity contribution in [2.75, 3.05) is 13.1 Å². The Hall–Kier alpha value is -0.0800. The minimum Gasteiger partial charge on any atom is -0.412 e. The van der Waals surface area contributed by atoms with Gasteiger partial charge in [-0.2, -0.15) is 0 Å². The molecule has 2 N–H and O–H groups in total. The molecule has 0 saturated carbocycles. The lowest BCUT2D eigenvalue weighted by molar-refractivity contribution is 0.246. The molecule has 0 radical (unpaired) electrons. The molecule has 0 heterocycles. The molecular formula is C7H19NO. The first-order chi connectivity index (χ1) is 3.72. The van der Waals surface area contributed by atoms with Crippen LogP contribution in [0.2, 0.25) is 0 Å². The first-order valence-corrected chi connectivity index (χ1v) is 3.46. The summed E-state index contributed by atoms with van der Waals surface area (Å²) in [5.41, 5.74) is 0. The molecule has 0 aliphatic rings.